The van der Waals surface area contributed by atoms with Crippen LogP contribution in [-0.4, -0.2) is 208 Å². The third kappa shape index (κ3) is 17.4. The Balaban J connectivity index is 0.000000131. The van der Waals surface area contributed by atoms with Crippen LogP contribution in [-0.2, 0) is 0 Å². The van der Waals surface area contributed by atoms with Crippen molar-refractivity contribution in [2.24, 2.45) is 0 Å². The fourth-order valence-corrected chi connectivity index (χ4v) is 14.3. The normalized spacial score (nSPS) is 15.3. The van der Waals surface area contributed by atoms with E-state index in [-0.39, 0.29) is 33.7 Å². The molecule has 4 saturated heterocycles. The SMILES string of the molecule is COc1cc(-c2cc(=O)n3cc(N4CCNCC4)ccc3n2)cc(F)c1OC.COc1ccc(-c2cc(=O)n3cc(C4CCNCC4)ccc3n2)cc1OC.COc1ccc(-c2cc(=O)n3cc(N4CCN(O)CC4)ccc3n2)cc1OC.COc1ccc(-c2cc(=O)n3cc(N4CC[C@H](N(C)C)C4)ccc3n2)cc1OC. The molecule has 28 nitrogen and oxygen atoms in total. The number of aromatic nitrogens is 8. The van der Waals surface area contributed by atoms with Crippen LogP contribution in [0.15, 0.2) is 183 Å². The number of nitrogens with zero attached hydrogens (tertiary/aromatic N) is 13. The van der Waals surface area contributed by atoms with Gasteiger partial charge in [0, 0.05) is 143 Å². The number of hydroxylamine groups is 2. The van der Waals surface area contributed by atoms with Gasteiger partial charge in [0.2, 0.25) is 0 Å². The molecule has 0 unspecified atom stereocenters. The molecule has 0 bridgehead atoms. The molecule has 12 aromatic rings. The van der Waals surface area contributed by atoms with Gasteiger partial charge in [0.25, 0.3) is 22.2 Å². The molecule has 0 saturated carbocycles. The zero-order chi connectivity index (χ0) is 78.7. The lowest BCUT2D eigenvalue weighted by molar-refractivity contribution is -0.0935. The van der Waals surface area contributed by atoms with Gasteiger partial charge in [-0.05, 0) is 167 Å². The van der Waals surface area contributed by atoms with Crippen LogP contribution in [0.3, 0.4) is 0 Å². The number of likely N-dealkylation sites (N-methyl/N-ethyl adjacent to an activating group) is 1. The maximum atomic E-state index is 14.3. The van der Waals surface area contributed by atoms with Crippen LogP contribution >= 0.6 is 0 Å². The summed E-state index contributed by atoms with van der Waals surface area (Å²) in [6, 6.07) is 41.5. The van der Waals surface area contributed by atoms with Crippen LogP contribution in [0.1, 0.15) is 30.7 Å². The second-order valence-electron chi connectivity index (χ2n) is 27.4. The molecule has 16 rings (SSSR count). The lowest BCUT2D eigenvalue weighted by Gasteiger charge is -2.32. The number of hydrogen-bond acceptors (Lipinski definition) is 24. The second-order valence-corrected chi connectivity index (χ2v) is 27.4. The lowest BCUT2D eigenvalue weighted by atomic mass is 9.91. The van der Waals surface area contributed by atoms with E-state index in [1.807, 2.05) is 91.3 Å². The number of piperazine rings is 2. The number of anilines is 3. The van der Waals surface area contributed by atoms with Gasteiger partial charge in [-0.25, -0.2) is 24.3 Å². The first-order valence-electron chi connectivity index (χ1n) is 36.9. The number of rotatable bonds is 17. The van der Waals surface area contributed by atoms with Crippen LogP contribution in [0, 0.1) is 5.82 Å². The summed E-state index contributed by atoms with van der Waals surface area (Å²) in [7, 11) is 16.5. The van der Waals surface area contributed by atoms with Gasteiger partial charge in [0.05, 0.1) is 96.7 Å². The molecule has 0 radical (unpaired) electrons. The number of halogens is 1. The van der Waals surface area contributed by atoms with Gasteiger partial charge in [0.1, 0.15) is 22.6 Å². The molecule has 4 fully saturated rings. The highest BCUT2D eigenvalue weighted by molar-refractivity contribution is 5.71. The van der Waals surface area contributed by atoms with Gasteiger partial charge >= 0.3 is 0 Å². The van der Waals surface area contributed by atoms with Gasteiger partial charge < -0.3 is 73.3 Å². The van der Waals surface area contributed by atoms with E-state index in [0.29, 0.717) is 124 Å². The van der Waals surface area contributed by atoms with Crippen LogP contribution < -0.4 is 85.5 Å². The average Bonchev–Trinajstić information content (AvgIpc) is 0.926. The molecular weight excluding hydrogens is 1430 g/mol. The van der Waals surface area contributed by atoms with Gasteiger partial charge in [-0.15, -0.1) is 0 Å². The topological polar surface area (TPSA) is 272 Å². The monoisotopic (exact) mass is 1530 g/mol. The largest absolute Gasteiger partial charge is 0.493 e. The zero-order valence-corrected chi connectivity index (χ0v) is 64.4. The molecule has 12 heterocycles. The average molecular weight is 1530 g/mol. The smallest absolute Gasteiger partial charge is 0.258 e. The van der Waals surface area contributed by atoms with E-state index in [4.69, 9.17) is 37.9 Å². The predicted octanol–water partition coefficient (Wildman–Crippen LogP) is 9.18. The molecule has 0 spiro atoms. The molecular formula is C83H92FN15O13. The van der Waals surface area contributed by atoms with Crippen molar-refractivity contribution in [3.05, 3.63) is 217 Å². The first-order valence-corrected chi connectivity index (χ1v) is 36.9. The number of benzene rings is 4. The summed E-state index contributed by atoms with van der Waals surface area (Å²) in [6.07, 6.45) is 10.7. The van der Waals surface area contributed by atoms with E-state index in [2.05, 4.69) is 70.3 Å². The Hall–Kier alpha value is -12.2. The quantitative estimate of drug-likeness (QED) is 0.0766. The van der Waals surface area contributed by atoms with E-state index >= 15 is 0 Å². The van der Waals surface area contributed by atoms with Crippen molar-refractivity contribution in [1.82, 2.24) is 58.1 Å². The lowest BCUT2D eigenvalue weighted by Crippen LogP contribution is -2.44. The van der Waals surface area contributed by atoms with Crippen LogP contribution in [0.2, 0.25) is 0 Å². The Kier molecular flexibility index (Phi) is 24.5. The Morgan fingerprint density at radius 2 is 0.759 bits per heavy atom. The maximum Gasteiger partial charge on any atom is 0.258 e. The van der Waals surface area contributed by atoms with Crippen LogP contribution in [0.25, 0.3) is 67.6 Å². The second kappa shape index (κ2) is 35.3. The van der Waals surface area contributed by atoms with E-state index < -0.39 is 5.82 Å². The molecule has 112 heavy (non-hydrogen) atoms. The molecule has 584 valence electrons. The first-order chi connectivity index (χ1) is 54.4. The Morgan fingerprint density at radius 3 is 1.16 bits per heavy atom. The summed E-state index contributed by atoms with van der Waals surface area (Å²) < 4.78 is 62.8. The highest BCUT2D eigenvalue weighted by atomic mass is 19.1. The maximum absolute atomic E-state index is 14.3. The van der Waals surface area contributed by atoms with Crippen molar-refractivity contribution in [2.45, 2.75) is 31.2 Å². The fraction of sp³-hybridized carbons (Fsp3) is 0.325. The number of pyridine rings is 4. The minimum atomic E-state index is -0.576. The van der Waals surface area contributed by atoms with Crippen LogP contribution in [0.5, 0.6) is 46.0 Å². The molecule has 3 N–H and O–H groups in total. The minimum Gasteiger partial charge on any atom is -0.493 e. The molecule has 0 amide bonds. The third-order valence-corrected chi connectivity index (χ3v) is 20.6. The third-order valence-electron chi connectivity index (χ3n) is 20.6. The number of nitrogens with one attached hydrogen (secondary N) is 2. The minimum absolute atomic E-state index is 0.0180. The van der Waals surface area contributed by atoms with Crippen molar-refractivity contribution in [3.63, 3.8) is 0 Å². The number of piperidine rings is 1. The Bertz CT molecular complexity index is 5620. The molecule has 4 aliphatic rings. The van der Waals surface area contributed by atoms with Crippen molar-refractivity contribution in [2.75, 3.05) is 164 Å². The molecule has 29 heteroatoms. The predicted molar refractivity (Wildman–Crippen MR) is 430 cm³/mol. The molecule has 0 aliphatic carbocycles. The number of fused-ring (bicyclic) bond motifs is 4. The van der Waals surface area contributed by atoms with Crippen LogP contribution in [0.4, 0.5) is 21.5 Å². The van der Waals surface area contributed by atoms with Crippen molar-refractivity contribution in [3.8, 4) is 91.0 Å². The molecule has 8 aromatic heterocycles. The summed E-state index contributed by atoms with van der Waals surface area (Å²) in [6.45, 7) is 10.1. The summed E-state index contributed by atoms with van der Waals surface area (Å²) in [5.74, 6) is 3.88. The number of hydrogen-bond donors (Lipinski definition) is 3. The van der Waals surface area contributed by atoms with E-state index in [1.165, 1.54) is 47.4 Å². The highest BCUT2D eigenvalue weighted by Gasteiger charge is 2.26. The van der Waals surface area contributed by atoms with Gasteiger partial charge in [-0.2, -0.15) is 5.06 Å². The van der Waals surface area contributed by atoms with Gasteiger partial charge in [0.15, 0.2) is 51.8 Å². The number of methoxy groups -OCH3 is 8. The summed E-state index contributed by atoms with van der Waals surface area (Å²) in [5, 5.41) is 17.5. The zero-order valence-electron chi connectivity index (χ0n) is 64.4. The van der Waals surface area contributed by atoms with E-state index in [0.717, 1.165) is 105 Å². The van der Waals surface area contributed by atoms with Crippen molar-refractivity contribution in [1.29, 1.82) is 0 Å². The number of ether oxygens (including phenoxy) is 8. The molecule has 4 aromatic carbocycles. The van der Waals surface area contributed by atoms with E-state index in [9.17, 15) is 28.8 Å². The van der Waals surface area contributed by atoms with Crippen molar-refractivity contribution >= 4 is 39.7 Å². The highest BCUT2D eigenvalue weighted by Crippen LogP contribution is 2.38. The van der Waals surface area contributed by atoms with Crippen molar-refractivity contribution < 1.29 is 47.5 Å². The molecule has 4 aliphatic heterocycles. The Labute approximate surface area is 645 Å². The Morgan fingerprint density at radius 1 is 0.384 bits per heavy atom. The molecule has 1 atom stereocenters. The fourth-order valence-electron chi connectivity index (χ4n) is 14.3. The summed E-state index contributed by atoms with van der Waals surface area (Å²) >= 11 is 0. The summed E-state index contributed by atoms with van der Waals surface area (Å²) in [5.41, 5.74) is 10.9. The van der Waals surface area contributed by atoms with Gasteiger partial charge in [-0.3, -0.25) is 36.8 Å². The van der Waals surface area contributed by atoms with E-state index in [1.54, 1.807) is 105 Å². The first kappa shape index (κ1) is 78.0. The van der Waals surface area contributed by atoms with Gasteiger partial charge in [-0.1, -0.05) is 6.07 Å². The summed E-state index contributed by atoms with van der Waals surface area (Å²) in [4.78, 5) is 78.5. The standard InChI is InChI=1S/C22H26N4O3.C21H23N3O3.C20H21FN4O3.C20H22N4O4/c1-24(2)16-9-10-25(13-16)17-6-8-21-23-18(12-22(27)26(21)14-17)15-5-7-19(28-3)20(11-15)29-4;1-26-18-5-3-15(11-19(18)27-2)17-12-21(25)24-13-16(4-6-20(24)23-17)14-7-9-22-10-8-14;1-27-17-10-13(9-15(21)20(17)28-2)16-11-19(26)25-12-14(3-4-18(25)23-16)24-7-5-22-6-8-24;1-27-17-5-3-14(11-18(17)28-2)16-12-20(25)24-13-15(4-6-19(24)21-16)22-7-9-23(26)10-8-22/h5-8,11-12,14,16H,9-10,13H2,1-4H3;3-6,11-14,22H,7-10H2,1-2H3;3-4,9-12,22H,5-8H2,1-2H3;3-6,11-13,26H,7-10H2,1-2H3/t16-;;;/m0.../s1.